The van der Waals surface area contributed by atoms with Crippen molar-refractivity contribution in [3.63, 3.8) is 0 Å². The van der Waals surface area contributed by atoms with Gasteiger partial charge in [0.05, 0.1) is 0 Å². The van der Waals surface area contributed by atoms with Crippen LogP contribution in [0.2, 0.25) is 0 Å². The molecule has 3 rings (SSSR count). The van der Waals surface area contributed by atoms with Crippen LogP contribution in [0, 0.1) is 0 Å². The smallest absolute Gasteiger partial charge is 0.288 e. The summed E-state index contributed by atoms with van der Waals surface area (Å²) in [7, 11) is 0. The maximum atomic E-state index is 12.0. The molecule has 1 atom stereocenters. The summed E-state index contributed by atoms with van der Waals surface area (Å²) in [6, 6.07) is 0.247. The zero-order chi connectivity index (χ0) is 13.1. The lowest BCUT2D eigenvalue weighted by molar-refractivity contribution is 0.0883. The third-order valence-corrected chi connectivity index (χ3v) is 4.41. The van der Waals surface area contributed by atoms with Crippen LogP contribution in [0.4, 0.5) is 0 Å². The minimum Gasteiger partial charge on any atom is -0.346 e. The van der Waals surface area contributed by atoms with E-state index in [4.69, 9.17) is 0 Å². The van der Waals surface area contributed by atoms with Crippen molar-refractivity contribution in [2.24, 2.45) is 0 Å². The zero-order valence-electron chi connectivity index (χ0n) is 11.1. The summed E-state index contributed by atoms with van der Waals surface area (Å²) in [5, 5.41) is 13.1. The first-order valence-electron chi connectivity index (χ1n) is 7.19. The average Bonchev–Trinajstić information content (AvgIpc) is 2.93. The van der Waals surface area contributed by atoms with E-state index in [2.05, 4.69) is 25.8 Å². The van der Waals surface area contributed by atoms with Crippen LogP contribution < -0.4 is 10.6 Å². The molecule has 2 heterocycles. The number of piperidine rings is 1. The lowest BCUT2D eigenvalue weighted by atomic mass is 9.75. The Kier molecular flexibility index (Phi) is 3.50. The van der Waals surface area contributed by atoms with E-state index in [1.807, 2.05) is 0 Å². The molecule has 1 aliphatic heterocycles. The highest BCUT2D eigenvalue weighted by Crippen LogP contribution is 2.34. The lowest BCUT2D eigenvalue weighted by Gasteiger charge is -2.44. The Hall–Kier alpha value is -1.43. The number of carbonyl (C=O) groups excluding carboxylic acids is 1. The van der Waals surface area contributed by atoms with Gasteiger partial charge in [0.15, 0.2) is 0 Å². The predicted molar refractivity (Wildman–Crippen MR) is 70.7 cm³/mol. The van der Waals surface area contributed by atoms with Crippen molar-refractivity contribution in [1.29, 1.82) is 0 Å². The Morgan fingerprint density at radius 1 is 1.37 bits per heavy atom. The van der Waals surface area contributed by atoms with Gasteiger partial charge in [0.1, 0.15) is 6.33 Å². The Labute approximate surface area is 112 Å². The largest absolute Gasteiger partial charge is 0.346 e. The third kappa shape index (κ3) is 2.78. The number of H-pyrrole nitrogens is 1. The van der Waals surface area contributed by atoms with Gasteiger partial charge in [-0.25, -0.2) is 4.98 Å². The van der Waals surface area contributed by atoms with Crippen LogP contribution in [0.1, 0.15) is 55.6 Å². The van der Waals surface area contributed by atoms with Gasteiger partial charge in [-0.2, -0.15) is 5.10 Å². The molecule has 19 heavy (non-hydrogen) atoms. The van der Waals surface area contributed by atoms with Gasteiger partial charge in [0, 0.05) is 11.6 Å². The van der Waals surface area contributed by atoms with Crippen LogP contribution in [-0.4, -0.2) is 39.2 Å². The summed E-state index contributed by atoms with van der Waals surface area (Å²) >= 11 is 0. The van der Waals surface area contributed by atoms with E-state index in [9.17, 15) is 4.79 Å². The van der Waals surface area contributed by atoms with E-state index >= 15 is 0 Å². The van der Waals surface area contributed by atoms with Crippen molar-refractivity contribution in [3.05, 3.63) is 12.2 Å². The molecule has 6 heteroatoms. The van der Waals surface area contributed by atoms with E-state index in [0.29, 0.717) is 5.82 Å². The molecule has 104 valence electrons. The Morgan fingerprint density at radius 2 is 2.21 bits per heavy atom. The highest BCUT2D eigenvalue weighted by atomic mass is 16.2. The van der Waals surface area contributed by atoms with Gasteiger partial charge in [-0.3, -0.25) is 9.89 Å². The van der Waals surface area contributed by atoms with Crippen molar-refractivity contribution in [2.75, 3.05) is 6.54 Å². The number of nitrogens with zero attached hydrogens (tertiary/aromatic N) is 2. The first kappa shape index (κ1) is 12.6. The zero-order valence-corrected chi connectivity index (χ0v) is 11.1. The summed E-state index contributed by atoms with van der Waals surface area (Å²) in [6.45, 7) is 0.987. The standard InChI is InChI=1S/C13H21N5O/c19-12(11-14-9-16-18-11)17-10-4-7-15-13(8-10)5-2-1-3-6-13/h9-10,15H,1-8H2,(H,17,19)(H,14,16,18). The topological polar surface area (TPSA) is 82.7 Å². The fourth-order valence-corrected chi connectivity index (χ4v) is 3.46. The third-order valence-electron chi connectivity index (χ3n) is 4.41. The van der Waals surface area contributed by atoms with E-state index in [-0.39, 0.29) is 17.5 Å². The predicted octanol–water partition coefficient (Wildman–Crippen LogP) is 0.989. The second-order valence-corrected chi connectivity index (χ2v) is 5.77. The van der Waals surface area contributed by atoms with Crippen LogP contribution in [0.15, 0.2) is 6.33 Å². The molecule has 6 nitrogen and oxygen atoms in total. The maximum Gasteiger partial charge on any atom is 0.288 e. The molecule has 0 radical (unpaired) electrons. The highest BCUT2D eigenvalue weighted by molar-refractivity contribution is 5.90. The molecule has 1 amide bonds. The van der Waals surface area contributed by atoms with Crippen LogP contribution in [0.25, 0.3) is 0 Å². The minimum absolute atomic E-state index is 0.143. The number of nitrogens with one attached hydrogen (secondary N) is 3. The molecular weight excluding hydrogens is 242 g/mol. The van der Waals surface area contributed by atoms with Crippen LogP contribution >= 0.6 is 0 Å². The molecule has 1 aromatic heterocycles. The Bertz CT molecular complexity index is 419. The van der Waals surface area contributed by atoms with Crippen molar-refractivity contribution >= 4 is 5.91 Å². The fourth-order valence-electron chi connectivity index (χ4n) is 3.46. The quantitative estimate of drug-likeness (QED) is 0.743. The van der Waals surface area contributed by atoms with Crippen LogP contribution in [0.3, 0.4) is 0 Å². The number of rotatable bonds is 2. The van der Waals surface area contributed by atoms with Crippen molar-refractivity contribution < 1.29 is 4.79 Å². The molecule has 0 bridgehead atoms. The summed E-state index contributed by atoms with van der Waals surface area (Å²) in [5.41, 5.74) is 0.260. The van der Waals surface area contributed by atoms with Gasteiger partial charge in [-0.05, 0) is 32.2 Å². The monoisotopic (exact) mass is 263 g/mol. The first-order valence-corrected chi connectivity index (χ1v) is 7.19. The number of carbonyl (C=O) groups is 1. The second-order valence-electron chi connectivity index (χ2n) is 5.77. The molecule has 1 unspecified atom stereocenters. The molecule has 1 aliphatic carbocycles. The molecule has 1 aromatic rings. The SMILES string of the molecule is O=C(NC1CCNC2(CCCCC2)C1)c1ncn[nH]1. The lowest BCUT2D eigenvalue weighted by Crippen LogP contribution is -2.57. The van der Waals surface area contributed by atoms with Crippen molar-refractivity contribution in [2.45, 2.75) is 56.5 Å². The average molecular weight is 263 g/mol. The van der Waals surface area contributed by atoms with Gasteiger partial charge in [0.2, 0.25) is 5.82 Å². The van der Waals surface area contributed by atoms with Crippen molar-refractivity contribution in [1.82, 2.24) is 25.8 Å². The normalized spacial score (nSPS) is 26.2. The summed E-state index contributed by atoms with van der Waals surface area (Å²) in [6.07, 6.45) is 9.81. The van der Waals surface area contributed by atoms with Crippen LogP contribution in [0.5, 0.6) is 0 Å². The molecule has 3 N–H and O–H groups in total. The number of aromatic amines is 1. The second kappa shape index (κ2) is 5.28. The van der Waals surface area contributed by atoms with Gasteiger partial charge >= 0.3 is 0 Å². The number of amides is 1. The summed E-state index contributed by atoms with van der Waals surface area (Å²) < 4.78 is 0. The van der Waals surface area contributed by atoms with E-state index < -0.39 is 0 Å². The van der Waals surface area contributed by atoms with Gasteiger partial charge < -0.3 is 10.6 Å². The van der Waals surface area contributed by atoms with E-state index in [1.165, 1.54) is 38.4 Å². The number of hydrogen-bond donors (Lipinski definition) is 3. The molecular formula is C13H21N5O. The molecule has 2 aliphatic rings. The van der Waals surface area contributed by atoms with Crippen molar-refractivity contribution in [3.8, 4) is 0 Å². The maximum absolute atomic E-state index is 12.0. The van der Waals surface area contributed by atoms with Gasteiger partial charge in [-0.1, -0.05) is 19.3 Å². The van der Waals surface area contributed by atoms with Gasteiger partial charge in [-0.15, -0.1) is 0 Å². The van der Waals surface area contributed by atoms with E-state index in [0.717, 1.165) is 19.4 Å². The Morgan fingerprint density at radius 3 is 2.95 bits per heavy atom. The molecule has 0 aromatic carbocycles. The number of aromatic nitrogens is 3. The summed E-state index contributed by atoms with van der Waals surface area (Å²) in [5.74, 6) is 0.159. The van der Waals surface area contributed by atoms with Gasteiger partial charge in [0.25, 0.3) is 5.91 Å². The minimum atomic E-state index is -0.143. The molecule has 1 saturated heterocycles. The van der Waals surface area contributed by atoms with Crippen LogP contribution in [-0.2, 0) is 0 Å². The number of hydrogen-bond acceptors (Lipinski definition) is 4. The molecule has 2 fully saturated rings. The highest BCUT2D eigenvalue weighted by Gasteiger charge is 2.37. The first-order chi connectivity index (χ1) is 9.27. The van der Waals surface area contributed by atoms with E-state index in [1.54, 1.807) is 0 Å². The fraction of sp³-hybridized carbons (Fsp3) is 0.769. The molecule has 1 saturated carbocycles. The summed E-state index contributed by atoms with van der Waals surface area (Å²) in [4.78, 5) is 15.9. The Balaban J connectivity index is 1.60. The molecule has 1 spiro atoms.